The van der Waals surface area contributed by atoms with E-state index in [0.29, 0.717) is 54.5 Å². The third kappa shape index (κ3) is 4.98. The van der Waals surface area contributed by atoms with Crippen molar-refractivity contribution in [3.63, 3.8) is 0 Å². The number of carboxylic acid groups (broad SMARTS) is 1. The highest BCUT2D eigenvalue weighted by Gasteiger charge is 2.36. The van der Waals surface area contributed by atoms with E-state index in [0.717, 1.165) is 31.4 Å². The van der Waals surface area contributed by atoms with Crippen molar-refractivity contribution < 1.29 is 14.7 Å². The summed E-state index contributed by atoms with van der Waals surface area (Å²) in [7, 11) is 0. The number of Topliss-reactive ketones (excluding diaryl/α,β-unsaturated/α-hetero) is 1. The van der Waals surface area contributed by atoms with Gasteiger partial charge in [0.1, 0.15) is 17.0 Å². The van der Waals surface area contributed by atoms with Gasteiger partial charge >= 0.3 is 5.97 Å². The number of fused-ring (bicyclic) bond motifs is 1. The Labute approximate surface area is 226 Å². The zero-order valence-electron chi connectivity index (χ0n) is 22.9. The van der Waals surface area contributed by atoms with Gasteiger partial charge in [-0.3, -0.25) is 23.9 Å². The van der Waals surface area contributed by atoms with Crippen molar-refractivity contribution >= 4 is 40.2 Å². The number of nitrogens with zero attached hydrogens (tertiary/aromatic N) is 6. The predicted octanol–water partition coefficient (Wildman–Crippen LogP) is 3.54. The fourth-order valence-electron chi connectivity index (χ4n) is 5.73. The van der Waals surface area contributed by atoms with Crippen LogP contribution in [0.25, 0.3) is 11.0 Å². The molecule has 5 rings (SSSR count). The summed E-state index contributed by atoms with van der Waals surface area (Å²) in [5.41, 5.74) is 1.13. The van der Waals surface area contributed by atoms with Gasteiger partial charge in [0.2, 0.25) is 5.95 Å². The lowest BCUT2D eigenvalue weighted by Crippen LogP contribution is -2.58. The maximum absolute atomic E-state index is 13.4. The Hall–Kier alpha value is -3.86. The molecule has 1 aliphatic carbocycles. The number of carbonyl (C=O) groups excluding carboxylic acids is 1. The largest absolute Gasteiger partial charge is 0.480 e. The zero-order valence-corrected chi connectivity index (χ0v) is 22.9. The lowest BCUT2D eigenvalue weighted by molar-refractivity contribution is -0.149. The monoisotopic (exact) mass is 533 g/mol. The highest BCUT2D eigenvalue weighted by Crippen LogP contribution is 2.32. The summed E-state index contributed by atoms with van der Waals surface area (Å²) in [6, 6.07) is 3.83. The molecule has 2 N–H and O–H groups in total. The molecule has 0 unspecified atom stereocenters. The summed E-state index contributed by atoms with van der Waals surface area (Å²) in [5.74, 6) is -0.174. The van der Waals surface area contributed by atoms with Gasteiger partial charge < -0.3 is 15.3 Å². The molecule has 0 aromatic carbocycles. The molecule has 11 heteroatoms. The average Bonchev–Trinajstić information content (AvgIpc) is 3.43. The SMILES string of the molecule is CC(=O)c1c(C)c2cnc(Nc3ccc(N4CCN(C(C)(C)C(=O)O)CC4)cn3)nc2n(C2CCCC2)c1=O. The van der Waals surface area contributed by atoms with Crippen LogP contribution in [-0.2, 0) is 4.79 Å². The van der Waals surface area contributed by atoms with Crippen molar-refractivity contribution in [1.82, 2.24) is 24.4 Å². The van der Waals surface area contributed by atoms with Crippen molar-refractivity contribution in [3.8, 4) is 0 Å². The molecule has 1 saturated heterocycles. The highest BCUT2D eigenvalue weighted by atomic mass is 16.4. The number of hydrogen-bond donors (Lipinski definition) is 2. The first-order valence-corrected chi connectivity index (χ1v) is 13.5. The molecule has 2 aliphatic rings. The molecule has 0 bridgehead atoms. The molecule has 1 aliphatic heterocycles. The molecule has 1 saturated carbocycles. The van der Waals surface area contributed by atoms with Crippen molar-refractivity contribution in [2.24, 2.45) is 0 Å². The molecule has 206 valence electrons. The van der Waals surface area contributed by atoms with Gasteiger partial charge in [-0.05, 0) is 58.2 Å². The lowest BCUT2D eigenvalue weighted by atomic mass is 10.0. The Morgan fingerprint density at radius 1 is 1.05 bits per heavy atom. The van der Waals surface area contributed by atoms with Crippen LogP contribution in [0.4, 0.5) is 17.5 Å². The minimum absolute atomic E-state index is 0.0143. The van der Waals surface area contributed by atoms with Gasteiger partial charge in [-0.25, -0.2) is 9.97 Å². The van der Waals surface area contributed by atoms with E-state index >= 15 is 0 Å². The minimum Gasteiger partial charge on any atom is -0.480 e. The number of anilines is 3. The number of aromatic nitrogens is 4. The first kappa shape index (κ1) is 26.7. The Balaban J connectivity index is 1.37. The molecule has 3 aromatic heterocycles. The first-order chi connectivity index (χ1) is 18.6. The van der Waals surface area contributed by atoms with E-state index in [1.807, 2.05) is 17.0 Å². The van der Waals surface area contributed by atoms with Crippen molar-refractivity contribution in [2.45, 2.75) is 65.0 Å². The van der Waals surface area contributed by atoms with Gasteiger partial charge in [-0.2, -0.15) is 4.98 Å². The molecule has 0 atom stereocenters. The number of ketones is 1. The number of piperazine rings is 1. The zero-order chi connectivity index (χ0) is 27.9. The molecule has 4 heterocycles. The number of carbonyl (C=O) groups is 2. The van der Waals surface area contributed by atoms with Gasteiger partial charge in [0.15, 0.2) is 5.78 Å². The Bertz CT molecular complexity index is 1470. The van der Waals surface area contributed by atoms with E-state index in [9.17, 15) is 19.5 Å². The summed E-state index contributed by atoms with van der Waals surface area (Å²) < 4.78 is 1.70. The van der Waals surface area contributed by atoms with Gasteiger partial charge in [0, 0.05) is 43.8 Å². The fourth-order valence-corrected chi connectivity index (χ4v) is 5.73. The maximum atomic E-state index is 13.4. The predicted molar refractivity (Wildman–Crippen MR) is 149 cm³/mol. The van der Waals surface area contributed by atoms with E-state index < -0.39 is 11.5 Å². The summed E-state index contributed by atoms with van der Waals surface area (Å²) in [6.45, 7) is 9.39. The Morgan fingerprint density at radius 2 is 1.74 bits per heavy atom. The Morgan fingerprint density at radius 3 is 2.33 bits per heavy atom. The van der Waals surface area contributed by atoms with Gasteiger partial charge in [0.05, 0.1) is 17.4 Å². The second kappa shape index (κ2) is 10.4. The van der Waals surface area contributed by atoms with Gasteiger partial charge in [0.25, 0.3) is 5.56 Å². The van der Waals surface area contributed by atoms with Crippen LogP contribution in [0.2, 0.25) is 0 Å². The van der Waals surface area contributed by atoms with Crippen LogP contribution < -0.4 is 15.8 Å². The standard InChI is InChI=1S/C28H35N7O4/c1-17-21-16-30-27(32-24(21)35(19-7-5-6-8-19)25(37)23(17)18(2)36)31-22-10-9-20(15-29-22)33-11-13-34(14-12-33)28(3,4)26(38)39/h9-10,15-16,19H,5-8,11-14H2,1-4H3,(H,38,39)(H,29,30,31,32). The van der Waals surface area contributed by atoms with Gasteiger partial charge in [-0.1, -0.05) is 12.8 Å². The van der Waals surface area contributed by atoms with Crippen LogP contribution in [0.15, 0.2) is 29.3 Å². The molecule has 3 aromatic rings. The maximum Gasteiger partial charge on any atom is 0.323 e. The number of rotatable bonds is 7. The molecule has 0 radical (unpaired) electrons. The molecule has 39 heavy (non-hydrogen) atoms. The third-order valence-corrected chi connectivity index (χ3v) is 8.20. The first-order valence-electron chi connectivity index (χ1n) is 13.5. The number of aliphatic carboxylic acids is 1. The van der Waals surface area contributed by atoms with E-state index in [1.54, 1.807) is 37.7 Å². The number of pyridine rings is 2. The molecule has 2 fully saturated rings. The van der Waals surface area contributed by atoms with E-state index in [2.05, 4.69) is 20.2 Å². The van der Waals surface area contributed by atoms with E-state index in [4.69, 9.17) is 4.98 Å². The van der Waals surface area contributed by atoms with Crippen LogP contribution in [0.5, 0.6) is 0 Å². The topological polar surface area (TPSA) is 134 Å². The quantitative estimate of drug-likeness (QED) is 0.434. The second-order valence-electron chi connectivity index (χ2n) is 11.0. The second-order valence-corrected chi connectivity index (χ2v) is 11.0. The average molecular weight is 534 g/mol. The molecular formula is C28H35N7O4. The van der Waals surface area contributed by atoms with Crippen LogP contribution in [-0.4, -0.2) is 73.0 Å². The van der Waals surface area contributed by atoms with E-state index in [-0.39, 0.29) is 22.9 Å². The van der Waals surface area contributed by atoms with Crippen LogP contribution in [0.3, 0.4) is 0 Å². The van der Waals surface area contributed by atoms with Crippen molar-refractivity contribution in [3.05, 3.63) is 46.0 Å². The fraction of sp³-hybridized carbons (Fsp3) is 0.500. The number of nitrogens with one attached hydrogen (secondary N) is 1. The molecule has 11 nitrogen and oxygen atoms in total. The smallest absolute Gasteiger partial charge is 0.323 e. The third-order valence-electron chi connectivity index (χ3n) is 8.20. The number of carboxylic acids is 1. The van der Waals surface area contributed by atoms with Crippen molar-refractivity contribution in [2.75, 3.05) is 36.4 Å². The van der Waals surface area contributed by atoms with Crippen LogP contribution in [0, 0.1) is 6.92 Å². The van der Waals surface area contributed by atoms with Crippen LogP contribution >= 0.6 is 0 Å². The van der Waals surface area contributed by atoms with Crippen molar-refractivity contribution in [1.29, 1.82) is 0 Å². The minimum atomic E-state index is -0.896. The number of aryl methyl sites for hydroxylation is 1. The molecular weight excluding hydrogens is 498 g/mol. The van der Waals surface area contributed by atoms with E-state index in [1.165, 1.54) is 6.92 Å². The molecule has 0 spiro atoms. The lowest BCUT2D eigenvalue weighted by Gasteiger charge is -2.42. The van der Waals surface area contributed by atoms with Crippen LogP contribution in [0.1, 0.15) is 68.4 Å². The number of hydrogen-bond acceptors (Lipinski definition) is 9. The summed E-state index contributed by atoms with van der Waals surface area (Å²) >= 11 is 0. The Kier molecular flexibility index (Phi) is 7.11. The summed E-state index contributed by atoms with van der Waals surface area (Å²) in [5, 5.41) is 13.4. The van der Waals surface area contributed by atoms with Gasteiger partial charge in [-0.15, -0.1) is 0 Å². The molecule has 0 amide bonds. The highest BCUT2D eigenvalue weighted by molar-refractivity contribution is 5.99. The summed E-state index contributed by atoms with van der Waals surface area (Å²) in [4.78, 5) is 55.2. The summed E-state index contributed by atoms with van der Waals surface area (Å²) in [6.07, 6.45) is 7.30. The normalized spacial score (nSPS) is 17.1.